The molecule has 0 aliphatic heterocycles. The van der Waals surface area contributed by atoms with Crippen LogP contribution in [-0.2, 0) is 0 Å². The molecular weight excluding hydrogens is 316 g/mol. The minimum absolute atomic E-state index is 0.474. The van der Waals surface area contributed by atoms with Crippen molar-refractivity contribution >= 4 is 18.4 Å². The number of benzene rings is 2. The van der Waals surface area contributed by atoms with Gasteiger partial charge in [-0.25, -0.2) is 5.10 Å². The Morgan fingerprint density at radius 1 is 1.17 bits per heavy atom. The second-order valence-electron chi connectivity index (χ2n) is 6.10. The Morgan fingerprint density at radius 2 is 1.92 bits per heavy atom. The molecule has 3 aromatic rings. The Labute approximate surface area is 146 Å². The molecule has 2 aromatic carbocycles. The Hall–Kier alpha value is -2.53. The lowest BCUT2D eigenvalue weighted by molar-refractivity contribution is 0.865. The molecule has 0 amide bonds. The van der Waals surface area contributed by atoms with Crippen LogP contribution < -0.4 is 0 Å². The average Bonchev–Trinajstić information content (AvgIpc) is 2.94. The van der Waals surface area contributed by atoms with E-state index < -0.39 is 0 Å². The molecule has 4 nitrogen and oxygen atoms in total. The van der Waals surface area contributed by atoms with Crippen molar-refractivity contribution in [2.24, 2.45) is 5.10 Å². The maximum absolute atomic E-state index is 5.31. The zero-order valence-electron chi connectivity index (χ0n) is 14.0. The van der Waals surface area contributed by atoms with Crippen molar-refractivity contribution in [3.63, 3.8) is 0 Å². The minimum Gasteiger partial charge on any atom is -0.250 e. The molecule has 3 rings (SSSR count). The van der Waals surface area contributed by atoms with Crippen LogP contribution in [0.15, 0.2) is 53.6 Å². The number of hydrogen-bond donors (Lipinski definition) is 1. The molecule has 1 aromatic heterocycles. The van der Waals surface area contributed by atoms with Gasteiger partial charge in [0.15, 0.2) is 5.82 Å². The molecule has 0 saturated heterocycles. The first kappa shape index (κ1) is 16.3. The monoisotopic (exact) mass is 336 g/mol. The molecule has 1 N–H and O–H groups in total. The van der Waals surface area contributed by atoms with Crippen LogP contribution in [0.1, 0.15) is 36.5 Å². The van der Waals surface area contributed by atoms with Gasteiger partial charge in [0.2, 0.25) is 4.77 Å². The number of aromatic amines is 1. The Balaban J connectivity index is 1.93. The van der Waals surface area contributed by atoms with E-state index in [0.29, 0.717) is 16.5 Å². The van der Waals surface area contributed by atoms with Crippen molar-refractivity contribution in [1.82, 2.24) is 14.9 Å². The van der Waals surface area contributed by atoms with Gasteiger partial charge in [-0.05, 0) is 42.3 Å². The summed E-state index contributed by atoms with van der Waals surface area (Å²) in [5.41, 5.74) is 4.49. The first-order chi connectivity index (χ1) is 11.5. The third kappa shape index (κ3) is 3.51. The standard InChI is InChI=1S/C19H20N4S/c1-13(2)16-9-7-15(8-10-16)12-20-23-18(21-22-19(23)24)17-6-4-5-14(3)11-17/h4-13H,1-3H3,(H,22,24)/b20-12+. The van der Waals surface area contributed by atoms with Gasteiger partial charge in [-0.1, -0.05) is 61.9 Å². The second-order valence-corrected chi connectivity index (χ2v) is 6.49. The highest BCUT2D eigenvalue weighted by Crippen LogP contribution is 2.18. The van der Waals surface area contributed by atoms with Crippen molar-refractivity contribution in [2.45, 2.75) is 26.7 Å². The van der Waals surface area contributed by atoms with Crippen LogP contribution in [0.3, 0.4) is 0 Å². The highest BCUT2D eigenvalue weighted by Gasteiger charge is 2.08. The van der Waals surface area contributed by atoms with E-state index in [1.54, 1.807) is 10.9 Å². The molecule has 0 radical (unpaired) electrons. The Bertz CT molecular complexity index is 917. The van der Waals surface area contributed by atoms with E-state index in [0.717, 1.165) is 11.1 Å². The molecule has 24 heavy (non-hydrogen) atoms. The SMILES string of the molecule is Cc1cccc(-c2n[nH]c(=S)n2/N=C/c2ccc(C(C)C)cc2)c1. The number of hydrogen-bond acceptors (Lipinski definition) is 3. The van der Waals surface area contributed by atoms with E-state index in [1.807, 2.05) is 12.1 Å². The first-order valence-electron chi connectivity index (χ1n) is 7.93. The molecule has 0 aliphatic carbocycles. The molecular formula is C19H20N4S. The maximum Gasteiger partial charge on any atom is 0.216 e. The summed E-state index contributed by atoms with van der Waals surface area (Å²) in [5.74, 6) is 1.23. The van der Waals surface area contributed by atoms with Gasteiger partial charge < -0.3 is 0 Å². The molecule has 0 atom stereocenters. The van der Waals surface area contributed by atoms with Crippen molar-refractivity contribution in [3.8, 4) is 11.4 Å². The van der Waals surface area contributed by atoms with Crippen LogP contribution in [0.5, 0.6) is 0 Å². The fourth-order valence-electron chi connectivity index (χ4n) is 2.46. The van der Waals surface area contributed by atoms with Crippen molar-refractivity contribution in [2.75, 3.05) is 0 Å². The number of nitrogens with one attached hydrogen (secondary N) is 1. The van der Waals surface area contributed by atoms with Gasteiger partial charge in [0.25, 0.3) is 0 Å². The first-order valence-corrected chi connectivity index (χ1v) is 8.34. The zero-order chi connectivity index (χ0) is 17.1. The van der Waals surface area contributed by atoms with E-state index in [9.17, 15) is 0 Å². The van der Waals surface area contributed by atoms with Crippen LogP contribution in [0.4, 0.5) is 0 Å². The van der Waals surface area contributed by atoms with Crippen LogP contribution in [0, 0.1) is 11.7 Å². The molecule has 0 aliphatic rings. The average molecular weight is 336 g/mol. The summed E-state index contributed by atoms with van der Waals surface area (Å²) in [4.78, 5) is 0. The Morgan fingerprint density at radius 3 is 2.58 bits per heavy atom. The molecule has 0 saturated carbocycles. The largest absolute Gasteiger partial charge is 0.250 e. The second kappa shape index (κ2) is 6.93. The van der Waals surface area contributed by atoms with Crippen molar-refractivity contribution in [1.29, 1.82) is 0 Å². The number of aryl methyl sites for hydroxylation is 1. The third-order valence-electron chi connectivity index (χ3n) is 3.85. The van der Waals surface area contributed by atoms with E-state index >= 15 is 0 Å². The number of H-pyrrole nitrogens is 1. The van der Waals surface area contributed by atoms with Gasteiger partial charge in [0, 0.05) is 5.56 Å². The lowest BCUT2D eigenvalue weighted by Crippen LogP contribution is -1.95. The smallest absolute Gasteiger partial charge is 0.216 e. The molecule has 0 bridgehead atoms. The summed E-state index contributed by atoms with van der Waals surface area (Å²) >= 11 is 5.31. The summed E-state index contributed by atoms with van der Waals surface area (Å²) in [6, 6.07) is 16.5. The van der Waals surface area contributed by atoms with Crippen molar-refractivity contribution < 1.29 is 0 Å². The fourth-order valence-corrected chi connectivity index (χ4v) is 2.64. The summed E-state index contributed by atoms with van der Waals surface area (Å²) < 4.78 is 2.13. The van der Waals surface area contributed by atoms with Crippen LogP contribution in [0.25, 0.3) is 11.4 Å². The molecule has 5 heteroatoms. The molecule has 1 heterocycles. The van der Waals surface area contributed by atoms with E-state index in [2.05, 4.69) is 72.5 Å². The van der Waals surface area contributed by atoms with Crippen molar-refractivity contribution in [3.05, 3.63) is 70.0 Å². The number of aromatic nitrogens is 3. The summed E-state index contributed by atoms with van der Waals surface area (Å²) in [6.07, 6.45) is 1.80. The quantitative estimate of drug-likeness (QED) is 0.543. The summed E-state index contributed by atoms with van der Waals surface area (Å²) in [7, 11) is 0. The van der Waals surface area contributed by atoms with E-state index in [-0.39, 0.29) is 0 Å². The zero-order valence-corrected chi connectivity index (χ0v) is 14.8. The molecule has 0 unspecified atom stereocenters. The van der Waals surface area contributed by atoms with Gasteiger partial charge >= 0.3 is 0 Å². The van der Waals surface area contributed by atoms with Gasteiger partial charge in [-0.3, -0.25) is 0 Å². The van der Waals surface area contributed by atoms with Gasteiger partial charge in [-0.15, -0.1) is 0 Å². The summed E-state index contributed by atoms with van der Waals surface area (Å²) in [5, 5.41) is 11.6. The fraction of sp³-hybridized carbons (Fsp3) is 0.211. The van der Waals surface area contributed by atoms with Gasteiger partial charge in [-0.2, -0.15) is 14.9 Å². The highest BCUT2D eigenvalue weighted by molar-refractivity contribution is 7.71. The Kier molecular flexibility index (Phi) is 4.71. The normalized spacial score (nSPS) is 11.5. The lowest BCUT2D eigenvalue weighted by atomic mass is 10.0. The predicted molar refractivity (Wildman–Crippen MR) is 101 cm³/mol. The summed E-state index contributed by atoms with van der Waals surface area (Å²) in [6.45, 7) is 6.42. The highest BCUT2D eigenvalue weighted by atomic mass is 32.1. The third-order valence-corrected chi connectivity index (χ3v) is 4.12. The molecule has 0 fully saturated rings. The lowest BCUT2D eigenvalue weighted by Gasteiger charge is -2.05. The van der Waals surface area contributed by atoms with Gasteiger partial charge in [0.05, 0.1) is 6.21 Å². The molecule has 122 valence electrons. The maximum atomic E-state index is 5.31. The predicted octanol–water partition coefficient (Wildman–Crippen LogP) is 4.92. The van der Waals surface area contributed by atoms with Crippen LogP contribution in [-0.4, -0.2) is 21.1 Å². The molecule has 0 spiro atoms. The number of rotatable bonds is 4. The van der Waals surface area contributed by atoms with Gasteiger partial charge in [0.1, 0.15) is 0 Å². The topological polar surface area (TPSA) is 46.0 Å². The minimum atomic E-state index is 0.474. The van der Waals surface area contributed by atoms with E-state index in [1.165, 1.54) is 11.1 Å². The van der Waals surface area contributed by atoms with E-state index in [4.69, 9.17) is 12.2 Å². The van der Waals surface area contributed by atoms with Crippen LogP contribution >= 0.6 is 12.2 Å². The number of nitrogens with zero attached hydrogens (tertiary/aromatic N) is 3. The van der Waals surface area contributed by atoms with Crippen LogP contribution in [0.2, 0.25) is 0 Å².